The molecule has 0 radical (unpaired) electrons. The molecule has 0 saturated heterocycles. The highest BCUT2D eigenvalue weighted by Gasteiger charge is 2.19. The first kappa shape index (κ1) is 14.4. The second kappa shape index (κ2) is 7.56. The molecule has 100 valence electrons. The van der Waals surface area contributed by atoms with Gasteiger partial charge in [0.05, 0.1) is 0 Å². The Hall–Kier alpha value is 0.01000. The summed E-state index contributed by atoms with van der Waals surface area (Å²) in [4.78, 5) is 1.35. The third-order valence-corrected chi connectivity index (χ3v) is 5.17. The summed E-state index contributed by atoms with van der Waals surface area (Å²) in [6.45, 7) is 3.50. The molecule has 2 atom stereocenters. The van der Waals surface area contributed by atoms with Gasteiger partial charge in [-0.25, -0.2) is 0 Å². The van der Waals surface area contributed by atoms with E-state index in [4.69, 9.17) is 0 Å². The molecule has 3 heteroatoms. The minimum Gasteiger partial charge on any atom is -0.313 e. The Balaban J connectivity index is 1.66. The van der Waals surface area contributed by atoms with Crippen LogP contribution in [0.5, 0.6) is 0 Å². The van der Waals surface area contributed by atoms with E-state index in [-0.39, 0.29) is 0 Å². The molecule has 0 heterocycles. The molecule has 2 rings (SSSR count). The van der Waals surface area contributed by atoms with Crippen LogP contribution in [-0.4, -0.2) is 18.3 Å². The summed E-state index contributed by atoms with van der Waals surface area (Å²) in [6, 6.07) is 9.30. The summed E-state index contributed by atoms with van der Waals surface area (Å²) in [6.07, 6.45) is 5.59. The maximum Gasteiger partial charge on any atom is 0.0186 e. The summed E-state index contributed by atoms with van der Waals surface area (Å²) in [5.41, 5.74) is 0. The van der Waals surface area contributed by atoms with E-state index in [9.17, 15) is 0 Å². The average Bonchev–Trinajstić information content (AvgIpc) is 2.37. The molecule has 0 spiro atoms. The number of halogens is 1. The largest absolute Gasteiger partial charge is 0.313 e. The Bertz CT molecular complexity index is 369. The normalized spacial score (nSPS) is 24.1. The van der Waals surface area contributed by atoms with Crippen LogP contribution in [0.25, 0.3) is 0 Å². The van der Waals surface area contributed by atoms with Gasteiger partial charge in [-0.05, 0) is 37.0 Å². The van der Waals surface area contributed by atoms with E-state index in [1.165, 1.54) is 35.1 Å². The second-order valence-corrected chi connectivity index (χ2v) is 7.21. The fourth-order valence-electron chi connectivity index (χ4n) is 2.59. The van der Waals surface area contributed by atoms with Crippen LogP contribution in [0.1, 0.15) is 32.6 Å². The van der Waals surface area contributed by atoms with Crippen molar-refractivity contribution in [3.05, 3.63) is 28.7 Å². The molecule has 1 nitrogen and oxygen atoms in total. The van der Waals surface area contributed by atoms with Crippen LogP contribution in [0.15, 0.2) is 33.6 Å². The zero-order chi connectivity index (χ0) is 12.8. The number of nitrogens with one attached hydrogen (secondary N) is 1. The number of thioether (sulfide) groups is 1. The van der Waals surface area contributed by atoms with E-state index >= 15 is 0 Å². The topological polar surface area (TPSA) is 12.0 Å². The van der Waals surface area contributed by atoms with Gasteiger partial charge in [0, 0.05) is 27.7 Å². The van der Waals surface area contributed by atoms with Crippen LogP contribution < -0.4 is 5.32 Å². The molecule has 0 bridgehead atoms. The highest BCUT2D eigenvalue weighted by molar-refractivity contribution is 9.10. The molecule has 1 aliphatic rings. The Kier molecular flexibility index (Phi) is 6.06. The van der Waals surface area contributed by atoms with E-state index < -0.39 is 0 Å². The molecule has 1 N–H and O–H groups in total. The van der Waals surface area contributed by atoms with Gasteiger partial charge in [0.2, 0.25) is 0 Å². The van der Waals surface area contributed by atoms with Gasteiger partial charge in [-0.2, -0.15) is 0 Å². The van der Waals surface area contributed by atoms with Crippen LogP contribution in [0.2, 0.25) is 0 Å². The standard InChI is InChI=1S/C15H22BrNS/c1-12-5-2-3-8-15(12)17-9-10-18-14-7-4-6-13(16)11-14/h4,6-7,11-12,15,17H,2-3,5,8-10H2,1H3. The SMILES string of the molecule is CC1CCCCC1NCCSc1cccc(Br)c1. The molecule has 0 amide bonds. The first-order chi connectivity index (χ1) is 8.75. The smallest absolute Gasteiger partial charge is 0.0186 e. The van der Waals surface area contributed by atoms with E-state index in [1.807, 2.05) is 11.8 Å². The van der Waals surface area contributed by atoms with Crippen LogP contribution in [0, 0.1) is 5.92 Å². The van der Waals surface area contributed by atoms with E-state index in [1.54, 1.807) is 0 Å². The van der Waals surface area contributed by atoms with Crippen molar-refractivity contribution in [1.29, 1.82) is 0 Å². The van der Waals surface area contributed by atoms with Gasteiger partial charge in [0.25, 0.3) is 0 Å². The van der Waals surface area contributed by atoms with E-state index in [0.717, 1.165) is 24.3 Å². The van der Waals surface area contributed by atoms with Gasteiger partial charge in [-0.1, -0.05) is 41.8 Å². The van der Waals surface area contributed by atoms with Crippen LogP contribution in [-0.2, 0) is 0 Å². The summed E-state index contributed by atoms with van der Waals surface area (Å²) >= 11 is 5.44. The monoisotopic (exact) mass is 327 g/mol. The van der Waals surface area contributed by atoms with Gasteiger partial charge >= 0.3 is 0 Å². The molecule has 1 saturated carbocycles. The third-order valence-electron chi connectivity index (χ3n) is 3.68. The van der Waals surface area contributed by atoms with Crippen molar-refractivity contribution in [2.75, 3.05) is 12.3 Å². The first-order valence-corrected chi connectivity index (χ1v) is 8.65. The molecule has 18 heavy (non-hydrogen) atoms. The second-order valence-electron chi connectivity index (χ2n) is 5.13. The lowest BCUT2D eigenvalue weighted by Crippen LogP contribution is -2.38. The van der Waals surface area contributed by atoms with Gasteiger partial charge in [-0.15, -0.1) is 11.8 Å². The zero-order valence-electron chi connectivity index (χ0n) is 11.0. The average molecular weight is 328 g/mol. The lowest BCUT2D eigenvalue weighted by atomic mass is 9.86. The Morgan fingerprint density at radius 1 is 1.33 bits per heavy atom. The first-order valence-electron chi connectivity index (χ1n) is 6.87. The van der Waals surface area contributed by atoms with E-state index in [0.29, 0.717) is 0 Å². The summed E-state index contributed by atoms with van der Waals surface area (Å²) < 4.78 is 1.17. The number of benzene rings is 1. The van der Waals surface area contributed by atoms with Crippen LogP contribution >= 0.6 is 27.7 Å². The van der Waals surface area contributed by atoms with Crippen molar-refractivity contribution < 1.29 is 0 Å². The van der Waals surface area contributed by atoms with Gasteiger partial charge < -0.3 is 5.32 Å². The quantitative estimate of drug-likeness (QED) is 0.620. The Morgan fingerprint density at radius 3 is 2.94 bits per heavy atom. The summed E-state index contributed by atoms with van der Waals surface area (Å²) in [7, 11) is 0. The third kappa shape index (κ3) is 4.60. The lowest BCUT2D eigenvalue weighted by Gasteiger charge is -2.29. The molecule has 0 aliphatic heterocycles. The highest BCUT2D eigenvalue weighted by atomic mass is 79.9. The maximum absolute atomic E-state index is 3.72. The van der Waals surface area contributed by atoms with Gasteiger partial charge in [-0.3, -0.25) is 0 Å². The van der Waals surface area contributed by atoms with Crippen molar-refractivity contribution in [3.8, 4) is 0 Å². The molecular weight excluding hydrogens is 306 g/mol. The van der Waals surface area contributed by atoms with Crippen molar-refractivity contribution >= 4 is 27.7 Å². The number of hydrogen-bond donors (Lipinski definition) is 1. The molecule has 1 aromatic carbocycles. The molecule has 1 fully saturated rings. The van der Waals surface area contributed by atoms with Gasteiger partial charge in [0.15, 0.2) is 0 Å². The molecular formula is C15H22BrNS. The molecule has 1 aromatic rings. The van der Waals surface area contributed by atoms with Crippen LogP contribution in [0.3, 0.4) is 0 Å². The zero-order valence-corrected chi connectivity index (χ0v) is 13.4. The van der Waals surface area contributed by atoms with Gasteiger partial charge in [0.1, 0.15) is 0 Å². The van der Waals surface area contributed by atoms with Crippen molar-refractivity contribution in [2.24, 2.45) is 5.92 Å². The van der Waals surface area contributed by atoms with Crippen LogP contribution in [0.4, 0.5) is 0 Å². The van der Waals surface area contributed by atoms with Crippen molar-refractivity contribution in [3.63, 3.8) is 0 Å². The fourth-order valence-corrected chi connectivity index (χ4v) is 3.98. The number of rotatable bonds is 5. The van der Waals surface area contributed by atoms with E-state index in [2.05, 4.69) is 52.4 Å². The minimum absolute atomic E-state index is 0.752. The fraction of sp³-hybridized carbons (Fsp3) is 0.600. The maximum atomic E-state index is 3.72. The number of hydrogen-bond acceptors (Lipinski definition) is 2. The molecule has 0 aromatic heterocycles. The Morgan fingerprint density at radius 2 is 2.17 bits per heavy atom. The predicted molar refractivity (Wildman–Crippen MR) is 84.3 cm³/mol. The summed E-state index contributed by atoms with van der Waals surface area (Å²) in [5.74, 6) is 2.01. The molecule has 1 aliphatic carbocycles. The van der Waals surface area contributed by atoms with Crippen molar-refractivity contribution in [2.45, 2.75) is 43.5 Å². The lowest BCUT2D eigenvalue weighted by molar-refractivity contribution is 0.285. The summed E-state index contributed by atoms with van der Waals surface area (Å²) in [5, 5.41) is 3.72. The minimum atomic E-state index is 0.752. The predicted octanol–water partition coefficient (Wildman–Crippen LogP) is 4.71. The Labute approximate surface area is 123 Å². The molecule has 2 unspecified atom stereocenters. The highest BCUT2D eigenvalue weighted by Crippen LogP contribution is 2.24. The van der Waals surface area contributed by atoms with Crippen molar-refractivity contribution in [1.82, 2.24) is 5.32 Å².